The highest BCUT2D eigenvalue weighted by atomic mass is 15.2. The molecule has 1 fully saturated rings. The van der Waals surface area contributed by atoms with Crippen LogP contribution in [0.15, 0.2) is 6.07 Å². The molecule has 0 spiro atoms. The third kappa shape index (κ3) is 2.99. The molecule has 1 aromatic rings. The van der Waals surface area contributed by atoms with E-state index in [1.165, 1.54) is 12.8 Å². The van der Waals surface area contributed by atoms with Gasteiger partial charge < -0.3 is 10.2 Å². The molecule has 4 nitrogen and oxygen atoms in total. The van der Waals surface area contributed by atoms with E-state index in [0.29, 0.717) is 6.04 Å². The van der Waals surface area contributed by atoms with Crippen LogP contribution in [0.25, 0.3) is 0 Å². The topological polar surface area (TPSA) is 41.0 Å². The molecular weight excluding hydrogens is 224 g/mol. The van der Waals surface area contributed by atoms with Crippen LogP contribution >= 0.6 is 0 Å². The SMILES string of the molecule is CCNCC1CCCN1c1cc(CC)nc(C)n1. The van der Waals surface area contributed by atoms with Gasteiger partial charge in [-0.25, -0.2) is 9.97 Å². The molecule has 1 N–H and O–H groups in total. The van der Waals surface area contributed by atoms with Crippen LogP contribution in [0.3, 0.4) is 0 Å². The van der Waals surface area contributed by atoms with Crippen LogP contribution in [0.1, 0.15) is 38.2 Å². The zero-order valence-corrected chi connectivity index (χ0v) is 11.7. The number of aromatic nitrogens is 2. The van der Waals surface area contributed by atoms with Gasteiger partial charge in [0.2, 0.25) is 0 Å². The quantitative estimate of drug-likeness (QED) is 0.864. The molecule has 1 aromatic heterocycles. The Kier molecular flexibility index (Phi) is 4.53. The molecule has 1 atom stereocenters. The molecule has 0 radical (unpaired) electrons. The van der Waals surface area contributed by atoms with Crippen molar-refractivity contribution in [1.29, 1.82) is 0 Å². The second kappa shape index (κ2) is 6.14. The van der Waals surface area contributed by atoms with E-state index in [1.54, 1.807) is 0 Å². The zero-order valence-electron chi connectivity index (χ0n) is 11.7. The minimum atomic E-state index is 0.587. The normalized spacial score (nSPS) is 19.5. The summed E-state index contributed by atoms with van der Waals surface area (Å²) in [7, 11) is 0. The maximum atomic E-state index is 4.61. The van der Waals surface area contributed by atoms with Gasteiger partial charge >= 0.3 is 0 Å². The molecule has 1 aliphatic rings. The molecule has 1 unspecified atom stereocenters. The first-order valence-corrected chi connectivity index (χ1v) is 7.06. The molecular formula is C14H24N4. The second-order valence-corrected chi connectivity index (χ2v) is 4.92. The van der Waals surface area contributed by atoms with E-state index >= 15 is 0 Å². The Morgan fingerprint density at radius 1 is 1.39 bits per heavy atom. The highest BCUT2D eigenvalue weighted by Gasteiger charge is 2.25. The Balaban J connectivity index is 2.16. The molecule has 0 bridgehead atoms. The standard InChI is InChI=1S/C14H24N4/c1-4-12-9-14(17-11(3)16-12)18-8-6-7-13(18)10-15-5-2/h9,13,15H,4-8,10H2,1-3H3. The molecule has 100 valence electrons. The van der Waals surface area contributed by atoms with Crippen molar-refractivity contribution >= 4 is 5.82 Å². The van der Waals surface area contributed by atoms with E-state index in [1.807, 2.05) is 6.92 Å². The molecule has 2 heterocycles. The van der Waals surface area contributed by atoms with Gasteiger partial charge in [-0.3, -0.25) is 0 Å². The first kappa shape index (κ1) is 13.3. The summed E-state index contributed by atoms with van der Waals surface area (Å²) < 4.78 is 0. The first-order chi connectivity index (χ1) is 8.74. The Bertz CT molecular complexity index is 391. The molecule has 0 saturated carbocycles. The summed E-state index contributed by atoms with van der Waals surface area (Å²) in [6.07, 6.45) is 3.50. The number of rotatable bonds is 5. The second-order valence-electron chi connectivity index (χ2n) is 4.92. The molecule has 0 aromatic carbocycles. The van der Waals surface area contributed by atoms with Crippen LogP contribution in [0.4, 0.5) is 5.82 Å². The van der Waals surface area contributed by atoms with Crippen LogP contribution < -0.4 is 10.2 Å². The predicted octanol–water partition coefficient (Wildman–Crippen LogP) is 1.93. The fourth-order valence-electron chi connectivity index (χ4n) is 2.60. The molecule has 4 heteroatoms. The average Bonchev–Trinajstić information content (AvgIpc) is 2.83. The van der Waals surface area contributed by atoms with Gasteiger partial charge in [-0.15, -0.1) is 0 Å². The summed E-state index contributed by atoms with van der Waals surface area (Å²) in [5.74, 6) is 2.00. The number of hydrogen-bond acceptors (Lipinski definition) is 4. The van der Waals surface area contributed by atoms with Gasteiger partial charge in [-0.2, -0.15) is 0 Å². The van der Waals surface area contributed by atoms with Crippen LogP contribution in [0.2, 0.25) is 0 Å². The number of nitrogens with one attached hydrogen (secondary N) is 1. The van der Waals surface area contributed by atoms with Crippen molar-refractivity contribution in [2.45, 2.75) is 46.1 Å². The summed E-state index contributed by atoms with van der Waals surface area (Å²) in [5.41, 5.74) is 1.15. The largest absolute Gasteiger partial charge is 0.352 e. The van der Waals surface area contributed by atoms with E-state index in [2.05, 4.69) is 40.1 Å². The lowest BCUT2D eigenvalue weighted by Crippen LogP contribution is -2.38. The summed E-state index contributed by atoms with van der Waals surface area (Å²) in [6, 6.07) is 2.74. The Labute approximate surface area is 110 Å². The summed E-state index contributed by atoms with van der Waals surface area (Å²) in [4.78, 5) is 11.5. The lowest BCUT2D eigenvalue weighted by atomic mass is 10.2. The van der Waals surface area contributed by atoms with Crippen molar-refractivity contribution in [2.75, 3.05) is 24.5 Å². The predicted molar refractivity (Wildman–Crippen MR) is 75.1 cm³/mol. The smallest absolute Gasteiger partial charge is 0.132 e. The summed E-state index contributed by atoms with van der Waals surface area (Å²) >= 11 is 0. The molecule has 18 heavy (non-hydrogen) atoms. The highest BCUT2D eigenvalue weighted by Crippen LogP contribution is 2.24. The third-order valence-electron chi connectivity index (χ3n) is 3.54. The Morgan fingerprint density at radius 2 is 2.22 bits per heavy atom. The van der Waals surface area contributed by atoms with Gasteiger partial charge in [0.05, 0.1) is 0 Å². The van der Waals surface area contributed by atoms with Crippen molar-refractivity contribution in [3.63, 3.8) is 0 Å². The number of nitrogens with zero attached hydrogens (tertiary/aromatic N) is 3. The molecule has 0 aliphatic carbocycles. The number of anilines is 1. The van der Waals surface area contributed by atoms with E-state index in [-0.39, 0.29) is 0 Å². The molecule has 0 amide bonds. The Hall–Kier alpha value is -1.16. The van der Waals surface area contributed by atoms with Crippen LogP contribution in [0.5, 0.6) is 0 Å². The molecule has 1 aliphatic heterocycles. The summed E-state index contributed by atoms with van der Waals surface area (Å²) in [6.45, 7) is 9.50. The fourth-order valence-corrected chi connectivity index (χ4v) is 2.60. The highest BCUT2D eigenvalue weighted by molar-refractivity contribution is 5.42. The minimum Gasteiger partial charge on any atom is -0.352 e. The first-order valence-electron chi connectivity index (χ1n) is 7.06. The lowest BCUT2D eigenvalue weighted by molar-refractivity contribution is 0.583. The van der Waals surface area contributed by atoms with Crippen LogP contribution in [0, 0.1) is 6.92 Å². The number of likely N-dealkylation sites (N-methyl/N-ethyl adjacent to an activating group) is 1. The van der Waals surface area contributed by atoms with E-state index in [0.717, 1.165) is 43.4 Å². The fraction of sp³-hybridized carbons (Fsp3) is 0.714. The van der Waals surface area contributed by atoms with Gasteiger partial charge in [0.15, 0.2) is 0 Å². The van der Waals surface area contributed by atoms with Gasteiger partial charge in [-0.05, 0) is 32.7 Å². The van der Waals surface area contributed by atoms with Crippen LogP contribution in [-0.4, -0.2) is 35.6 Å². The van der Waals surface area contributed by atoms with Crippen LogP contribution in [-0.2, 0) is 6.42 Å². The molecule has 2 rings (SSSR count). The van der Waals surface area contributed by atoms with Gasteiger partial charge in [0.1, 0.15) is 11.6 Å². The van der Waals surface area contributed by atoms with Crippen molar-refractivity contribution < 1.29 is 0 Å². The maximum Gasteiger partial charge on any atom is 0.132 e. The lowest BCUT2D eigenvalue weighted by Gasteiger charge is -2.26. The molecule has 1 saturated heterocycles. The average molecular weight is 248 g/mol. The van der Waals surface area contributed by atoms with Crippen molar-refractivity contribution in [1.82, 2.24) is 15.3 Å². The monoisotopic (exact) mass is 248 g/mol. The van der Waals surface area contributed by atoms with E-state index in [9.17, 15) is 0 Å². The minimum absolute atomic E-state index is 0.587. The zero-order chi connectivity index (χ0) is 13.0. The number of aryl methyl sites for hydroxylation is 2. The number of hydrogen-bond donors (Lipinski definition) is 1. The maximum absolute atomic E-state index is 4.61. The van der Waals surface area contributed by atoms with Gasteiger partial charge in [0.25, 0.3) is 0 Å². The van der Waals surface area contributed by atoms with E-state index < -0.39 is 0 Å². The van der Waals surface area contributed by atoms with Crippen molar-refractivity contribution in [3.05, 3.63) is 17.6 Å². The Morgan fingerprint density at radius 3 is 2.94 bits per heavy atom. The third-order valence-corrected chi connectivity index (χ3v) is 3.54. The van der Waals surface area contributed by atoms with Gasteiger partial charge in [-0.1, -0.05) is 13.8 Å². The van der Waals surface area contributed by atoms with Gasteiger partial charge in [0, 0.05) is 30.9 Å². The van der Waals surface area contributed by atoms with Crippen molar-refractivity contribution in [2.24, 2.45) is 0 Å². The van der Waals surface area contributed by atoms with Crippen molar-refractivity contribution in [3.8, 4) is 0 Å². The summed E-state index contributed by atoms with van der Waals surface area (Å²) in [5, 5.41) is 3.45. The van der Waals surface area contributed by atoms with E-state index in [4.69, 9.17) is 0 Å².